The van der Waals surface area contributed by atoms with Gasteiger partial charge < -0.3 is 10.4 Å². The van der Waals surface area contributed by atoms with Crippen LogP contribution in [0.4, 0.5) is 5.69 Å². The van der Waals surface area contributed by atoms with Gasteiger partial charge in [-0.25, -0.2) is 5.84 Å². The quantitative estimate of drug-likeness (QED) is 0.367. The number of hydrazine groups is 1. The van der Waals surface area contributed by atoms with E-state index in [0.717, 1.165) is 5.56 Å². The van der Waals surface area contributed by atoms with Gasteiger partial charge >= 0.3 is 0 Å². The summed E-state index contributed by atoms with van der Waals surface area (Å²) in [6, 6.07) is 10.8. The lowest BCUT2D eigenvalue weighted by Crippen LogP contribution is -2.31. The summed E-state index contributed by atoms with van der Waals surface area (Å²) in [5.74, 6) is 4.70. The Bertz CT molecular complexity index is 574. The molecule has 0 aliphatic heterocycles. The number of nitrogens with two attached hydrogens (primary N) is 1. The van der Waals surface area contributed by atoms with Crippen molar-refractivity contribution in [1.82, 2.24) is 10.4 Å². The molecule has 0 spiro atoms. The molecule has 20 heavy (non-hydrogen) atoms. The molecular formula is C14H16N4O2. The van der Waals surface area contributed by atoms with Gasteiger partial charge in [0.25, 0.3) is 5.91 Å². The number of pyridine rings is 1. The fourth-order valence-corrected chi connectivity index (χ4v) is 1.89. The first-order valence-corrected chi connectivity index (χ1v) is 6.13. The van der Waals surface area contributed by atoms with E-state index in [1.54, 1.807) is 12.3 Å². The van der Waals surface area contributed by atoms with Crippen LogP contribution >= 0.6 is 0 Å². The number of carbonyl (C=O) groups is 1. The second kappa shape index (κ2) is 6.65. The highest BCUT2D eigenvalue weighted by atomic mass is 16.3. The van der Waals surface area contributed by atoms with E-state index < -0.39 is 5.91 Å². The molecule has 2 aromatic rings. The molecule has 1 heterocycles. The van der Waals surface area contributed by atoms with Crippen molar-refractivity contribution in [2.45, 2.75) is 6.04 Å². The van der Waals surface area contributed by atoms with Gasteiger partial charge in [-0.2, -0.15) is 0 Å². The standard InChI is InChI=1S/C14H16N4O2/c15-18-14(20)11-8-16-7-6-12(11)17-13(9-19)10-4-2-1-3-5-10/h1-8,13,19H,9,15H2,(H,16,17)(H,18,20). The molecule has 0 saturated heterocycles. The number of nitrogens with one attached hydrogen (secondary N) is 2. The molecule has 1 aromatic carbocycles. The first kappa shape index (κ1) is 14.0. The van der Waals surface area contributed by atoms with E-state index in [2.05, 4.69) is 15.7 Å². The number of hydrogen-bond donors (Lipinski definition) is 4. The maximum atomic E-state index is 11.7. The molecule has 6 nitrogen and oxygen atoms in total. The van der Waals surface area contributed by atoms with Crippen molar-refractivity contribution in [3.05, 3.63) is 59.9 Å². The van der Waals surface area contributed by atoms with Crippen molar-refractivity contribution in [3.63, 3.8) is 0 Å². The van der Waals surface area contributed by atoms with Crippen LogP contribution in [-0.2, 0) is 0 Å². The highest BCUT2D eigenvalue weighted by molar-refractivity contribution is 5.98. The molecule has 1 unspecified atom stereocenters. The number of amides is 1. The number of benzene rings is 1. The number of nitrogen functional groups attached to an aromatic ring is 1. The van der Waals surface area contributed by atoms with Crippen molar-refractivity contribution < 1.29 is 9.90 Å². The summed E-state index contributed by atoms with van der Waals surface area (Å²) >= 11 is 0. The fraction of sp³-hybridized carbons (Fsp3) is 0.143. The smallest absolute Gasteiger partial charge is 0.268 e. The average Bonchev–Trinajstić information content (AvgIpc) is 2.53. The topological polar surface area (TPSA) is 100 Å². The summed E-state index contributed by atoms with van der Waals surface area (Å²) < 4.78 is 0. The third-order valence-corrected chi connectivity index (χ3v) is 2.91. The van der Waals surface area contributed by atoms with E-state index in [9.17, 15) is 9.90 Å². The number of aliphatic hydroxyl groups is 1. The molecule has 6 heteroatoms. The van der Waals surface area contributed by atoms with Gasteiger partial charge in [0, 0.05) is 12.4 Å². The average molecular weight is 272 g/mol. The van der Waals surface area contributed by atoms with Crippen LogP contribution < -0.4 is 16.6 Å². The number of aliphatic hydroxyl groups excluding tert-OH is 1. The monoisotopic (exact) mass is 272 g/mol. The molecule has 104 valence electrons. The molecule has 1 aromatic heterocycles. The number of nitrogens with zero attached hydrogens (tertiary/aromatic N) is 1. The third-order valence-electron chi connectivity index (χ3n) is 2.91. The number of anilines is 1. The van der Waals surface area contributed by atoms with E-state index in [-0.39, 0.29) is 12.6 Å². The Morgan fingerprint density at radius 2 is 2.05 bits per heavy atom. The van der Waals surface area contributed by atoms with Gasteiger partial charge in [-0.05, 0) is 11.6 Å². The normalized spacial score (nSPS) is 11.7. The number of rotatable bonds is 5. The summed E-state index contributed by atoms with van der Waals surface area (Å²) in [5, 5.41) is 12.6. The number of carbonyl (C=O) groups excluding carboxylic acids is 1. The Morgan fingerprint density at radius 3 is 2.70 bits per heavy atom. The highest BCUT2D eigenvalue weighted by Gasteiger charge is 2.15. The lowest BCUT2D eigenvalue weighted by Gasteiger charge is -2.19. The van der Waals surface area contributed by atoms with Crippen molar-refractivity contribution >= 4 is 11.6 Å². The summed E-state index contributed by atoms with van der Waals surface area (Å²) in [4.78, 5) is 15.6. The molecule has 5 N–H and O–H groups in total. The van der Waals surface area contributed by atoms with Gasteiger partial charge in [0.15, 0.2) is 0 Å². The largest absolute Gasteiger partial charge is 0.394 e. The minimum Gasteiger partial charge on any atom is -0.394 e. The van der Waals surface area contributed by atoms with Crippen LogP contribution in [0.25, 0.3) is 0 Å². The van der Waals surface area contributed by atoms with Crippen LogP contribution in [0, 0.1) is 0 Å². The Kier molecular flexibility index (Phi) is 4.65. The van der Waals surface area contributed by atoms with Crippen LogP contribution in [0.15, 0.2) is 48.8 Å². The Morgan fingerprint density at radius 1 is 1.30 bits per heavy atom. The maximum Gasteiger partial charge on any atom is 0.268 e. The Labute approximate surface area is 116 Å². The van der Waals surface area contributed by atoms with Crippen LogP contribution in [0.1, 0.15) is 22.0 Å². The maximum absolute atomic E-state index is 11.7. The number of hydrogen-bond acceptors (Lipinski definition) is 5. The summed E-state index contributed by atoms with van der Waals surface area (Å²) in [5.41, 5.74) is 3.88. The van der Waals surface area contributed by atoms with E-state index >= 15 is 0 Å². The predicted octanol–water partition coefficient (Wildman–Crippen LogP) is 0.831. The lowest BCUT2D eigenvalue weighted by molar-refractivity contribution is 0.0954. The Hall–Kier alpha value is -2.44. The van der Waals surface area contributed by atoms with Gasteiger partial charge in [0.1, 0.15) is 0 Å². The van der Waals surface area contributed by atoms with Crippen LogP contribution in [0.5, 0.6) is 0 Å². The summed E-state index contributed by atoms with van der Waals surface area (Å²) in [7, 11) is 0. The number of aromatic nitrogens is 1. The molecule has 0 bridgehead atoms. The molecule has 0 aliphatic carbocycles. The molecule has 1 atom stereocenters. The summed E-state index contributed by atoms with van der Waals surface area (Å²) in [6.45, 7) is -0.101. The minimum absolute atomic E-state index is 0.101. The van der Waals surface area contributed by atoms with Crippen molar-refractivity contribution in [2.75, 3.05) is 11.9 Å². The predicted molar refractivity (Wildman–Crippen MR) is 75.8 cm³/mol. The summed E-state index contributed by atoms with van der Waals surface area (Å²) in [6.07, 6.45) is 2.99. The molecular weight excluding hydrogens is 256 g/mol. The van der Waals surface area contributed by atoms with Crippen LogP contribution in [-0.4, -0.2) is 22.6 Å². The highest BCUT2D eigenvalue weighted by Crippen LogP contribution is 2.21. The fourth-order valence-electron chi connectivity index (χ4n) is 1.89. The zero-order valence-electron chi connectivity index (χ0n) is 10.8. The van der Waals surface area contributed by atoms with Crippen molar-refractivity contribution in [1.29, 1.82) is 0 Å². The first-order valence-electron chi connectivity index (χ1n) is 6.13. The zero-order chi connectivity index (χ0) is 14.4. The molecule has 2 rings (SSSR count). The van der Waals surface area contributed by atoms with Crippen molar-refractivity contribution in [3.8, 4) is 0 Å². The second-order valence-corrected chi connectivity index (χ2v) is 4.18. The lowest BCUT2D eigenvalue weighted by atomic mass is 10.1. The molecule has 1 amide bonds. The molecule has 0 fully saturated rings. The van der Waals surface area contributed by atoms with Crippen molar-refractivity contribution in [2.24, 2.45) is 5.84 Å². The van der Waals surface area contributed by atoms with E-state index in [1.165, 1.54) is 6.20 Å². The zero-order valence-corrected chi connectivity index (χ0v) is 10.8. The van der Waals surface area contributed by atoms with Gasteiger partial charge in [0.05, 0.1) is 23.9 Å². The van der Waals surface area contributed by atoms with Gasteiger partial charge in [-0.1, -0.05) is 30.3 Å². The van der Waals surface area contributed by atoms with Gasteiger partial charge in [0.2, 0.25) is 0 Å². The second-order valence-electron chi connectivity index (χ2n) is 4.18. The van der Waals surface area contributed by atoms with E-state index in [1.807, 2.05) is 30.3 Å². The third kappa shape index (κ3) is 3.11. The minimum atomic E-state index is -0.439. The SMILES string of the molecule is NNC(=O)c1cnccc1NC(CO)c1ccccc1. The van der Waals surface area contributed by atoms with E-state index in [4.69, 9.17) is 5.84 Å². The first-order chi connectivity index (χ1) is 9.76. The van der Waals surface area contributed by atoms with Gasteiger partial charge in [-0.3, -0.25) is 15.2 Å². The molecule has 0 aliphatic rings. The molecule has 0 radical (unpaired) electrons. The Balaban J connectivity index is 2.26. The molecule has 0 saturated carbocycles. The van der Waals surface area contributed by atoms with Crippen LogP contribution in [0.3, 0.4) is 0 Å². The van der Waals surface area contributed by atoms with E-state index in [0.29, 0.717) is 11.3 Å². The van der Waals surface area contributed by atoms with Gasteiger partial charge in [-0.15, -0.1) is 0 Å². The van der Waals surface area contributed by atoms with Crippen LogP contribution in [0.2, 0.25) is 0 Å².